The van der Waals surface area contributed by atoms with Crippen molar-refractivity contribution in [2.24, 2.45) is 0 Å². The summed E-state index contributed by atoms with van der Waals surface area (Å²) in [6.07, 6.45) is 1.41. The van der Waals surface area contributed by atoms with Crippen LogP contribution in [0, 0.1) is 6.92 Å². The molecule has 0 saturated heterocycles. The van der Waals surface area contributed by atoms with Gasteiger partial charge in [0.2, 0.25) is 21.8 Å². The second-order valence-electron chi connectivity index (χ2n) is 7.67. The van der Waals surface area contributed by atoms with E-state index in [2.05, 4.69) is 5.32 Å². The topological polar surface area (TPSA) is 86.8 Å². The van der Waals surface area contributed by atoms with Gasteiger partial charge in [0, 0.05) is 23.1 Å². The number of aryl methyl sites for hydroxylation is 1. The quantitative estimate of drug-likeness (QED) is 0.519. The summed E-state index contributed by atoms with van der Waals surface area (Å²) in [7, 11) is -3.80. The van der Waals surface area contributed by atoms with E-state index in [9.17, 15) is 18.0 Å². The van der Waals surface area contributed by atoms with Crippen molar-refractivity contribution in [3.05, 3.63) is 63.6 Å². The molecule has 0 heterocycles. The van der Waals surface area contributed by atoms with Crippen molar-refractivity contribution in [3.63, 3.8) is 0 Å². The van der Waals surface area contributed by atoms with Crippen molar-refractivity contribution in [3.8, 4) is 0 Å². The maximum atomic E-state index is 13.5. The molecule has 0 radical (unpaired) electrons. The summed E-state index contributed by atoms with van der Waals surface area (Å²) < 4.78 is 26.3. The van der Waals surface area contributed by atoms with E-state index in [4.69, 9.17) is 23.2 Å². The molecule has 33 heavy (non-hydrogen) atoms. The van der Waals surface area contributed by atoms with E-state index in [1.165, 1.54) is 4.90 Å². The monoisotopic (exact) mass is 513 g/mol. The Morgan fingerprint density at radius 2 is 1.64 bits per heavy atom. The summed E-state index contributed by atoms with van der Waals surface area (Å²) in [6, 6.07) is 10.9. The van der Waals surface area contributed by atoms with Crippen LogP contribution in [-0.2, 0) is 26.2 Å². The smallest absolute Gasteiger partial charge is 0.244 e. The molecule has 1 N–H and O–H groups in total. The minimum atomic E-state index is -3.80. The molecule has 2 aromatic rings. The SMILES string of the molecule is CCNC(=O)[C@@H](CC)N(Cc1ccc(Cl)cc1)C(=O)CN(c1ccc(Cl)cc1C)S(C)(=O)=O. The Hall–Kier alpha value is -2.29. The molecule has 2 aromatic carbocycles. The lowest BCUT2D eigenvalue weighted by Crippen LogP contribution is -2.52. The number of amides is 2. The van der Waals surface area contributed by atoms with Gasteiger partial charge in [0.05, 0.1) is 11.9 Å². The van der Waals surface area contributed by atoms with Crippen molar-refractivity contribution >= 4 is 50.7 Å². The average Bonchev–Trinajstić information content (AvgIpc) is 2.73. The van der Waals surface area contributed by atoms with Crippen LogP contribution in [0.25, 0.3) is 0 Å². The van der Waals surface area contributed by atoms with E-state index in [-0.39, 0.29) is 12.5 Å². The van der Waals surface area contributed by atoms with Crippen LogP contribution in [0.15, 0.2) is 42.5 Å². The molecule has 0 fully saturated rings. The van der Waals surface area contributed by atoms with Gasteiger partial charge in [-0.25, -0.2) is 8.42 Å². The highest BCUT2D eigenvalue weighted by atomic mass is 35.5. The Morgan fingerprint density at radius 1 is 1.03 bits per heavy atom. The van der Waals surface area contributed by atoms with E-state index in [0.717, 1.165) is 16.1 Å². The first-order valence-electron chi connectivity index (χ1n) is 10.5. The average molecular weight is 514 g/mol. The third-order valence-corrected chi connectivity index (χ3v) is 6.72. The van der Waals surface area contributed by atoms with Crippen molar-refractivity contribution in [1.82, 2.24) is 10.2 Å². The number of sulfonamides is 1. The Kier molecular flexibility index (Phi) is 9.57. The van der Waals surface area contributed by atoms with Crippen LogP contribution in [0.2, 0.25) is 10.0 Å². The standard InChI is InChI=1S/C23H29Cl2N3O4S/c1-5-20(23(30)26-6-2)27(14-17-7-9-18(24)10-8-17)22(29)15-28(33(4,31)32)21-12-11-19(25)13-16(21)3/h7-13,20H,5-6,14-15H2,1-4H3,(H,26,30)/t20-/m1/s1. The number of carbonyl (C=O) groups excluding carboxylic acids is 2. The molecule has 2 amide bonds. The van der Waals surface area contributed by atoms with E-state index >= 15 is 0 Å². The molecule has 10 heteroatoms. The van der Waals surface area contributed by atoms with Gasteiger partial charge in [-0.05, 0) is 61.7 Å². The van der Waals surface area contributed by atoms with Crippen LogP contribution in [-0.4, -0.2) is 50.5 Å². The number of carbonyl (C=O) groups is 2. The lowest BCUT2D eigenvalue weighted by atomic mass is 10.1. The van der Waals surface area contributed by atoms with Crippen LogP contribution in [0.4, 0.5) is 5.69 Å². The number of hydrogen-bond donors (Lipinski definition) is 1. The molecule has 0 aliphatic rings. The minimum Gasteiger partial charge on any atom is -0.355 e. The zero-order chi connectivity index (χ0) is 24.8. The Bertz CT molecular complexity index is 1090. The normalized spacial score (nSPS) is 12.2. The van der Waals surface area contributed by atoms with Gasteiger partial charge in [0.25, 0.3) is 0 Å². The first kappa shape index (κ1) is 27.0. The zero-order valence-electron chi connectivity index (χ0n) is 19.1. The maximum absolute atomic E-state index is 13.5. The number of nitrogens with one attached hydrogen (secondary N) is 1. The van der Waals surface area contributed by atoms with Crippen molar-refractivity contribution in [2.75, 3.05) is 23.7 Å². The molecule has 0 aromatic heterocycles. The number of rotatable bonds is 10. The van der Waals surface area contributed by atoms with Gasteiger partial charge in [-0.1, -0.05) is 42.3 Å². The van der Waals surface area contributed by atoms with E-state index in [1.807, 2.05) is 0 Å². The molecule has 2 rings (SSSR count). The molecule has 0 aliphatic heterocycles. The fraction of sp³-hybridized carbons (Fsp3) is 0.391. The number of halogens is 2. The molecular weight excluding hydrogens is 485 g/mol. The largest absolute Gasteiger partial charge is 0.355 e. The van der Waals surface area contributed by atoms with Gasteiger partial charge in [0.15, 0.2) is 0 Å². The third kappa shape index (κ3) is 7.35. The summed E-state index contributed by atoms with van der Waals surface area (Å²) in [4.78, 5) is 27.7. The summed E-state index contributed by atoms with van der Waals surface area (Å²) in [6.45, 7) is 5.41. The summed E-state index contributed by atoms with van der Waals surface area (Å²) >= 11 is 12.0. The first-order chi connectivity index (χ1) is 15.5. The summed E-state index contributed by atoms with van der Waals surface area (Å²) in [5.74, 6) is -0.793. The molecule has 180 valence electrons. The molecule has 0 unspecified atom stereocenters. The molecule has 0 aliphatic carbocycles. The highest BCUT2D eigenvalue weighted by molar-refractivity contribution is 7.92. The van der Waals surface area contributed by atoms with Crippen LogP contribution >= 0.6 is 23.2 Å². The molecule has 0 bridgehead atoms. The van der Waals surface area contributed by atoms with Crippen molar-refractivity contribution in [2.45, 2.75) is 39.8 Å². The predicted molar refractivity (Wildman–Crippen MR) is 133 cm³/mol. The lowest BCUT2D eigenvalue weighted by Gasteiger charge is -2.33. The van der Waals surface area contributed by atoms with Crippen LogP contribution in [0.3, 0.4) is 0 Å². The number of likely N-dealkylation sites (N-methyl/N-ethyl adjacent to an activating group) is 1. The second kappa shape index (κ2) is 11.7. The molecule has 0 spiro atoms. The number of hydrogen-bond acceptors (Lipinski definition) is 4. The van der Waals surface area contributed by atoms with Crippen LogP contribution in [0.5, 0.6) is 0 Å². The summed E-state index contributed by atoms with van der Waals surface area (Å²) in [5.41, 5.74) is 1.73. The third-order valence-electron chi connectivity index (χ3n) is 5.11. The Morgan fingerprint density at radius 3 is 2.15 bits per heavy atom. The van der Waals surface area contributed by atoms with Gasteiger partial charge in [-0.2, -0.15) is 0 Å². The lowest BCUT2D eigenvalue weighted by molar-refractivity contribution is -0.140. The Balaban J connectivity index is 2.45. The van der Waals surface area contributed by atoms with Crippen molar-refractivity contribution in [1.29, 1.82) is 0 Å². The van der Waals surface area contributed by atoms with Gasteiger partial charge < -0.3 is 10.2 Å². The highest BCUT2D eigenvalue weighted by Crippen LogP contribution is 2.26. The number of benzene rings is 2. The second-order valence-corrected chi connectivity index (χ2v) is 10.4. The van der Waals surface area contributed by atoms with E-state index < -0.39 is 28.5 Å². The summed E-state index contributed by atoms with van der Waals surface area (Å²) in [5, 5.41) is 3.77. The van der Waals surface area contributed by atoms with Crippen molar-refractivity contribution < 1.29 is 18.0 Å². The number of nitrogens with zero attached hydrogens (tertiary/aromatic N) is 2. The highest BCUT2D eigenvalue weighted by Gasteiger charge is 2.31. The fourth-order valence-electron chi connectivity index (χ4n) is 3.49. The zero-order valence-corrected chi connectivity index (χ0v) is 21.5. The Labute approximate surface area is 205 Å². The first-order valence-corrected chi connectivity index (χ1v) is 13.1. The van der Waals surface area contributed by atoms with Gasteiger partial charge >= 0.3 is 0 Å². The van der Waals surface area contributed by atoms with E-state index in [0.29, 0.717) is 34.3 Å². The van der Waals surface area contributed by atoms with Gasteiger partial charge in [0.1, 0.15) is 12.6 Å². The van der Waals surface area contributed by atoms with Crippen LogP contribution < -0.4 is 9.62 Å². The molecule has 0 saturated carbocycles. The molecule has 1 atom stereocenters. The molecule has 7 nitrogen and oxygen atoms in total. The minimum absolute atomic E-state index is 0.128. The molecular formula is C23H29Cl2N3O4S. The predicted octanol–water partition coefficient (Wildman–Crippen LogP) is 4.01. The number of anilines is 1. The fourth-order valence-corrected chi connectivity index (χ4v) is 4.75. The maximum Gasteiger partial charge on any atom is 0.244 e. The van der Waals surface area contributed by atoms with Crippen LogP contribution in [0.1, 0.15) is 31.4 Å². The van der Waals surface area contributed by atoms with Gasteiger partial charge in [-0.15, -0.1) is 0 Å². The van der Waals surface area contributed by atoms with E-state index in [1.54, 1.807) is 63.2 Å². The van der Waals surface area contributed by atoms with Gasteiger partial charge in [-0.3, -0.25) is 13.9 Å².